The smallest absolute Gasteiger partial charge is 0.128 e. The van der Waals surface area contributed by atoms with E-state index in [0.29, 0.717) is 11.6 Å². The Morgan fingerprint density at radius 2 is 1.95 bits per heavy atom. The molecule has 2 heterocycles. The quantitative estimate of drug-likeness (QED) is 0.920. The average molecular weight is 295 g/mol. The summed E-state index contributed by atoms with van der Waals surface area (Å²) in [5.41, 5.74) is 0.468. The Morgan fingerprint density at radius 3 is 2.71 bits per heavy atom. The van der Waals surface area contributed by atoms with E-state index < -0.39 is 0 Å². The van der Waals surface area contributed by atoms with Gasteiger partial charge in [0, 0.05) is 56.9 Å². The molecule has 0 aliphatic carbocycles. The normalized spacial score (nSPS) is 26.1. The average Bonchev–Trinajstić information content (AvgIpc) is 3.00. The molecule has 0 saturated carbocycles. The van der Waals surface area contributed by atoms with E-state index in [-0.39, 0.29) is 17.7 Å². The number of halogens is 2. The number of benzene rings is 1. The fraction of sp³-hybridized carbons (Fsp3) is 0.625. The van der Waals surface area contributed by atoms with Gasteiger partial charge in [0.2, 0.25) is 0 Å². The highest BCUT2D eigenvalue weighted by molar-refractivity contribution is 5.22. The standard InChI is InChI=1S/C16H23F2N3/c1-12(15-10-13(17)2-3-16(15)18)21-7-4-14(11-21)20-8-5-19-6-9-20/h2-3,10,12,14,19H,4-9,11H2,1H3. The lowest BCUT2D eigenvalue weighted by atomic mass is 10.1. The Labute approximate surface area is 124 Å². The molecule has 2 atom stereocenters. The van der Waals surface area contributed by atoms with Crippen LogP contribution in [0.5, 0.6) is 0 Å². The van der Waals surface area contributed by atoms with Crippen molar-refractivity contribution in [3.8, 4) is 0 Å². The molecule has 0 aromatic heterocycles. The van der Waals surface area contributed by atoms with Crippen LogP contribution in [0, 0.1) is 11.6 Å². The predicted octanol–water partition coefficient (Wildman–Crippen LogP) is 2.01. The van der Waals surface area contributed by atoms with Crippen LogP contribution in [0.2, 0.25) is 0 Å². The van der Waals surface area contributed by atoms with Crippen LogP contribution >= 0.6 is 0 Å². The van der Waals surface area contributed by atoms with E-state index in [1.165, 1.54) is 18.2 Å². The minimum atomic E-state index is -0.365. The van der Waals surface area contributed by atoms with Gasteiger partial charge in [-0.2, -0.15) is 0 Å². The Kier molecular flexibility index (Phi) is 4.52. The van der Waals surface area contributed by atoms with Gasteiger partial charge in [0.25, 0.3) is 0 Å². The maximum Gasteiger partial charge on any atom is 0.128 e. The van der Waals surface area contributed by atoms with Crippen LogP contribution in [0.15, 0.2) is 18.2 Å². The SMILES string of the molecule is CC(c1cc(F)ccc1F)N1CCC(N2CCNCC2)C1. The zero-order chi connectivity index (χ0) is 14.8. The lowest BCUT2D eigenvalue weighted by Gasteiger charge is -2.33. The third-order valence-electron chi connectivity index (χ3n) is 4.82. The Morgan fingerprint density at radius 1 is 1.19 bits per heavy atom. The summed E-state index contributed by atoms with van der Waals surface area (Å²) in [6.07, 6.45) is 1.11. The summed E-state index contributed by atoms with van der Waals surface area (Å²) in [5, 5.41) is 3.37. The van der Waals surface area contributed by atoms with E-state index in [0.717, 1.165) is 45.7 Å². The molecular weight excluding hydrogens is 272 g/mol. The van der Waals surface area contributed by atoms with E-state index in [9.17, 15) is 8.78 Å². The molecule has 1 aromatic rings. The van der Waals surface area contributed by atoms with Crippen molar-refractivity contribution < 1.29 is 8.78 Å². The predicted molar refractivity (Wildman–Crippen MR) is 79.2 cm³/mol. The van der Waals surface area contributed by atoms with E-state index in [2.05, 4.69) is 15.1 Å². The van der Waals surface area contributed by atoms with Gasteiger partial charge in [-0.15, -0.1) is 0 Å². The van der Waals surface area contributed by atoms with Crippen molar-refractivity contribution in [1.29, 1.82) is 0 Å². The van der Waals surface area contributed by atoms with Crippen LogP contribution < -0.4 is 5.32 Å². The molecule has 1 N–H and O–H groups in total. The third kappa shape index (κ3) is 3.25. The molecule has 2 aliphatic rings. The minimum Gasteiger partial charge on any atom is -0.314 e. The molecular formula is C16H23F2N3. The molecule has 5 heteroatoms. The van der Waals surface area contributed by atoms with Gasteiger partial charge in [0.1, 0.15) is 11.6 Å². The van der Waals surface area contributed by atoms with Crippen LogP contribution in [-0.2, 0) is 0 Å². The fourth-order valence-electron chi connectivity index (χ4n) is 3.50. The molecule has 116 valence electrons. The highest BCUT2D eigenvalue weighted by Crippen LogP contribution is 2.28. The number of piperazine rings is 1. The topological polar surface area (TPSA) is 18.5 Å². The van der Waals surface area contributed by atoms with E-state index >= 15 is 0 Å². The molecule has 21 heavy (non-hydrogen) atoms. The van der Waals surface area contributed by atoms with Gasteiger partial charge >= 0.3 is 0 Å². The second-order valence-corrected chi connectivity index (χ2v) is 6.07. The summed E-state index contributed by atoms with van der Waals surface area (Å²) in [5.74, 6) is -0.675. The van der Waals surface area contributed by atoms with Crippen LogP contribution in [-0.4, -0.2) is 55.1 Å². The van der Waals surface area contributed by atoms with Crippen molar-refractivity contribution in [3.05, 3.63) is 35.4 Å². The van der Waals surface area contributed by atoms with Gasteiger partial charge < -0.3 is 5.32 Å². The number of nitrogens with one attached hydrogen (secondary N) is 1. The summed E-state index contributed by atoms with van der Waals surface area (Å²) in [6.45, 7) is 8.12. The molecule has 2 fully saturated rings. The van der Waals surface area contributed by atoms with E-state index in [1.807, 2.05) is 6.92 Å². The molecule has 2 unspecified atom stereocenters. The van der Waals surface area contributed by atoms with Crippen molar-refractivity contribution in [2.75, 3.05) is 39.3 Å². The maximum atomic E-state index is 13.9. The molecule has 2 saturated heterocycles. The van der Waals surface area contributed by atoms with Gasteiger partial charge in [0.15, 0.2) is 0 Å². The number of likely N-dealkylation sites (tertiary alicyclic amines) is 1. The van der Waals surface area contributed by atoms with Crippen LogP contribution in [0.3, 0.4) is 0 Å². The minimum absolute atomic E-state index is 0.0754. The third-order valence-corrected chi connectivity index (χ3v) is 4.82. The molecule has 0 amide bonds. The Hall–Kier alpha value is -1.04. The highest BCUT2D eigenvalue weighted by atomic mass is 19.1. The molecule has 2 aliphatic heterocycles. The first-order valence-electron chi connectivity index (χ1n) is 7.79. The van der Waals surface area contributed by atoms with Crippen LogP contribution in [0.4, 0.5) is 8.78 Å². The van der Waals surface area contributed by atoms with E-state index in [1.54, 1.807) is 0 Å². The fourth-order valence-corrected chi connectivity index (χ4v) is 3.50. The lowest BCUT2D eigenvalue weighted by Crippen LogP contribution is -2.49. The van der Waals surface area contributed by atoms with Crippen molar-refractivity contribution >= 4 is 0 Å². The monoisotopic (exact) mass is 295 g/mol. The molecule has 0 spiro atoms. The summed E-state index contributed by atoms with van der Waals surface area (Å²) < 4.78 is 27.3. The summed E-state index contributed by atoms with van der Waals surface area (Å²) in [7, 11) is 0. The Balaban J connectivity index is 1.66. The van der Waals surface area contributed by atoms with Crippen molar-refractivity contribution in [2.45, 2.75) is 25.4 Å². The maximum absolute atomic E-state index is 13.9. The molecule has 3 nitrogen and oxygen atoms in total. The number of rotatable bonds is 3. The van der Waals surface area contributed by atoms with Crippen molar-refractivity contribution in [1.82, 2.24) is 15.1 Å². The summed E-state index contributed by atoms with van der Waals surface area (Å²) >= 11 is 0. The molecule has 0 bridgehead atoms. The first-order chi connectivity index (χ1) is 10.1. The summed E-state index contributed by atoms with van der Waals surface area (Å²) in [4.78, 5) is 4.79. The molecule has 0 radical (unpaired) electrons. The van der Waals surface area contributed by atoms with Gasteiger partial charge in [-0.3, -0.25) is 9.80 Å². The van der Waals surface area contributed by atoms with Gasteiger partial charge in [-0.05, 0) is 31.5 Å². The first kappa shape index (κ1) is 14.9. The van der Waals surface area contributed by atoms with Crippen molar-refractivity contribution in [2.24, 2.45) is 0 Å². The van der Waals surface area contributed by atoms with Gasteiger partial charge in [0.05, 0.1) is 0 Å². The second-order valence-electron chi connectivity index (χ2n) is 6.07. The van der Waals surface area contributed by atoms with Crippen molar-refractivity contribution in [3.63, 3.8) is 0 Å². The zero-order valence-corrected chi connectivity index (χ0v) is 12.5. The number of hydrogen-bond acceptors (Lipinski definition) is 3. The van der Waals surface area contributed by atoms with Gasteiger partial charge in [-0.25, -0.2) is 8.78 Å². The largest absolute Gasteiger partial charge is 0.314 e. The molecule has 1 aromatic carbocycles. The second kappa shape index (κ2) is 6.38. The lowest BCUT2D eigenvalue weighted by molar-refractivity contribution is 0.161. The highest BCUT2D eigenvalue weighted by Gasteiger charge is 2.31. The van der Waals surface area contributed by atoms with Crippen LogP contribution in [0.25, 0.3) is 0 Å². The van der Waals surface area contributed by atoms with Gasteiger partial charge in [-0.1, -0.05) is 0 Å². The Bertz CT molecular complexity index is 488. The number of nitrogens with zero attached hydrogens (tertiary/aromatic N) is 2. The number of hydrogen-bond donors (Lipinski definition) is 1. The first-order valence-corrected chi connectivity index (χ1v) is 7.79. The summed E-state index contributed by atoms with van der Waals surface area (Å²) in [6, 6.07) is 4.21. The van der Waals surface area contributed by atoms with E-state index in [4.69, 9.17) is 0 Å². The molecule has 3 rings (SSSR count). The van der Waals surface area contributed by atoms with Crippen LogP contribution in [0.1, 0.15) is 24.9 Å². The zero-order valence-electron chi connectivity index (χ0n) is 12.5.